The molecular formula is C10H10N6O. The summed E-state index contributed by atoms with van der Waals surface area (Å²) in [4.78, 5) is 12.1. The van der Waals surface area contributed by atoms with Gasteiger partial charge in [0, 0.05) is 24.2 Å². The van der Waals surface area contributed by atoms with Gasteiger partial charge in [-0.05, 0) is 12.1 Å². The highest BCUT2D eigenvalue weighted by Crippen LogP contribution is 2.16. The van der Waals surface area contributed by atoms with Crippen LogP contribution < -0.4 is 11.5 Å². The van der Waals surface area contributed by atoms with Crippen LogP contribution in [0.3, 0.4) is 0 Å². The molecule has 0 fully saturated rings. The molecule has 2 aromatic heterocycles. The first-order valence-electron chi connectivity index (χ1n) is 4.73. The van der Waals surface area contributed by atoms with E-state index in [1.165, 1.54) is 6.20 Å². The maximum atomic E-state index is 8.54. The Hall–Kier alpha value is -2.70. The SMILES string of the molecule is N/C(=N/O)c1cnc(-c2ccncc2)nc1N. The van der Waals surface area contributed by atoms with Crippen molar-refractivity contribution in [3.05, 3.63) is 36.3 Å². The first-order chi connectivity index (χ1) is 8.22. The fourth-order valence-electron chi connectivity index (χ4n) is 1.29. The van der Waals surface area contributed by atoms with Gasteiger partial charge in [-0.15, -0.1) is 0 Å². The number of hydrogen-bond donors (Lipinski definition) is 3. The van der Waals surface area contributed by atoms with Crippen LogP contribution in [0.5, 0.6) is 0 Å². The van der Waals surface area contributed by atoms with Gasteiger partial charge >= 0.3 is 0 Å². The average Bonchev–Trinajstić information content (AvgIpc) is 2.39. The predicted octanol–water partition coefficient (Wildman–Crippen LogP) is 0.215. The van der Waals surface area contributed by atoms with Gasteiger partial charge in [-0.3, -0.25) is 4.98 Å². The molecule has 0 aliphatic heterocycles. The highest BCUT2D eigenvalue weighted by Gasteiger charge is 2.09. The summed E-state index contributed by atoms with van der Waals surface area (Å²) < 4.78 is 0. The van der Waals surface area contributed by atoms with Gasteiger partial charge in [-0.25, -0.2) is 9.97 Å². The summed E-state index contributed by atoms with van der Waals surface area (Å²) in [6.45, 7) is 0. The molecule has 0 atom stereocenters. The molecule has 0 aromatic carbocycles. The number of anilines is 1. The van der Waals surface area contributed by atoms with E-state index >= 15 is 0 Å². The number of pyridine rings is 1. The zero-order valence-corrected chi connectivity index (χ0v) is 8.78. The minimum atomic E-state index is -0.122. The quantitative estimate of drug-likeness (QED) is 0.293. The minimum absolute atomic E-state index is 0.122. The Kier molecular flexibility index (Phi) is 2.82. The van der Waals surface area contributed by atoms with Crippen LogP contribution in [-0.2, 0) is 0 Å². The lowest BCUT2D eigenvalue weighted by atomic mass is 10.2. The van der Waals surface area contributed by atoms with Crippen LogP contribution in [0, 0.1) is 0 Å². The van der Waals surface area contributed by atoms with Crippen LogP contribution in [0.1, 0.15) is 5.56 Å². The van der Waals surface area contributed by atoms with Crippen molar-refractivity contribution < 1.29 is 5.21 Å². The van der Waals surface area contributed by atoms with Gasteiger partial charge in [0.1, 0.15) is 5.82 Å². The van der Waals surface area contributed by atoms with Gasteiger partial charge in [-0.1, -0.05) is 5.16 Å². The Morgan fingerprint density at radius 1 is 1.29 bits per heavy atom. The third-order valence-corrected chi connectivity index (χ3v) is 2.14. The van der Waals surface area contributed by atoms with Crippen molar-refractivity contribution in [2.24, 2.45) is 10.9 Å². The third-order valence-electron chi connectivity index (χ3n) is 2.14. The van der Waals surface area contributed by atoms with Crippen molar-refractivity contribution in [1.29, 1.82) is 0 Å². The molecule has 0 amide bonds. The minimum Gasteiger partial charge on any atom is -0.409 e. The van der Waals surface area contributed by atoms with Crippen molar-refractivity contribution in [2.45, 2.75) is 0 Å². The number of nitrogen functional groups attached to an aromatic ring is 1. The van der Waals surface area contributed by atoms with Crippen molar-refractivity contribution in [3.8, 4) is 11.4 Å². The second-order valence-corrected chi connectivity index (χ2v) is 3.21. The number of amidine groups is 1. The first-order valence-corrected chi connectivity index (χ1v) is 4.73. The molecule has 0 saturated carbocycles. The maximum absolute atomic E-state index is 8.54. The monoisotopic (exact) mass is 230 g/mol. The van der Waals surface area contributed by atoms with E-state index in [1.807, 2.05) is 0 Å². The second kappa shape index (κ2) is 4.44. The third kappa shape index (κ3) is 2.12. The maximum Gasteiger partial charge on any atom is 0.175 e. The van der Waals surface area contributed by atoms with Gasteiger partial charge in [0.25, 0.3) is 0 Å². The number of nitrogens with zero attached hydrogens (tertiary/aromatic N) is 4. The van der Waals surface area contributed by atoms with Crippen molar-refractivity contribution >= 4 is 11.7 Å². The standard InChI is InChI=1S/C10H10N6O/c11-8-7(9(12)16-17)5-14-10(15-8)6-1-3-13-4-2-6/h1-5,17H,(H2,12,16)(H2,11,14,15). The average molecular weight is 230 g/mol. The molecule has 86 valence electrons. The summed E-state index contributed by atoms with van der Waals surface area (Å²) >= 11 is 0. The molecule has 5 N–H and O–H groups in total. The smallest absolute Gasteiger partial charge is 0.175 e. The molecule has 0 bridgehead atoms. The zero-order chi connectivity index (χ0) is 12.3. The summed E-state index contributed by atoms with van der Waals surface area (Å²) in [6.07, 6.45) is 4.67. The van der Waals surface area contributed by atoms with Gasteiger partial charge in [-0.2, -0.15) is 0 Å². The molecule has 7 heteroatoms. The molecule has 0 saturated heterocycles. The molecule has 2 aromatic rings. The number of nitrogens with two attached hydrogens (primary N) is 2. The second-order valence-electron chi connectivity index (χ2n) is 3.21. The summed E-state index contributed by atoms with van der Waals surface area (Å²) in [6, 6.07) is 3.52. The molecule has 2 heterocycles. The van der Waals surface area contributed by atoms with E-state index in [4.69, 9.17) is 16.7 Å². The Morgan fingerprint density at radius 2 is 2.00 bits per heavy atom. The lowest BCUT2D eigenvalue weighted by Gasteiger charge is -2.04. The summed E-state index contributed by atoms with van der Waals surface area (Å²) in [5.74, 6) is 0.491. The topological polar surface area (TPSA) is 123 Å². The van der Waals surface area contributed by atoms with E-state index in [0.29, 0.717) is 11.4 Å². The van der Waals surface area contributed by atoms with E-state index in [1.54, 1.807) is 24.5 Å². The Balaban J connectivity index is 2.45. The van der Waals surface area contributed by atoms with Gasteiger partial charge in [0.05, 0.1) is 5.56 Å². The molecular weight excluding hydrogens is 220 g/mol. The molecule has 7 nitrogen and oxygen atoms in total. The van der Waals surface area contributed by atoms with E-state index in [9.17, 15) is 0 Å². The van der Waals surface area contributed by atoms with Gasteiger partial charge < -0.3 is 16.7 Å². The normalized spacial score (nSPS) is 11.4. The molecule has 2 rings (SSSR count). The molecule has 0 aliphatic rings. The Bertz CT molecular complexity index is 554. The number of rotatable bonds is 2. The van der Waals surface area contributed by atoms with Crippen LogP contribution in [0.25, 0.3) is 11.4 Å². The van der Waals surface area contributed by atoms with Crippen molar-refractivity contribution in [1.82, 2.24) is 15.0 Å². The summed E-state index contributed by atoms with van der Waals surface area (Å²) in [5.41, 5.74) is 12.2. The molecule has 0 aliphatic carbocycles. The first kappa shape index (κ1) is 10.8. The van der Waals surface area contributed by atoms with E-state index in [-0.39, 0.29) is 11.7 Å². The molecule has 0 unspecified atom stereocenters. The van der Waals surface area contributed by atoms with Crippen LogP contribution in [0.2, 0.25) is 0 Å². The highest BCUT2D eigenvalue weighted by atomic mass is 16.4. The van der Waals surface area contributed by atoms with Crippen LogP contribution >= 0.6 is 0 Å². The van der Waals surface area contributed by atoms with Crippen molar-refractivity contribution in [3.63, 3.8) is 0 Å². The van der Waals surface area contributed by atoms with E-state index in [2.05, 4.69) is 20.1 Å². The highest BCUT2D eigenvalue weighted by molar-refractivity contribution is 6.00. The summed E-state index contributed by atoms with van der Waals surface area (Å²) in [7, 11) is 0. The predicted molar refractivity (Wildman–Crippen MR) is 62.2 cm³/mol. The van der Waals surface area contributed by atoms with Crippen LogP contribution in [0.4, 0.5) is 5.82 Å². The van der Waals surface area contributed by atoms with Crippen LogP contribution in [-0.4, -0.2) is 26.0 Å². The Morgan fingerprint density at radius 3 is 2.59 bits per heavy atom. The van der Waals surface area contributed by atoms with Gasteiger partial charge in [0.2, 0.25) is 0 Å². The van der Waals surface area contributed by atoms with E-state index < -0.39 is 0 Å². The number of aromatic nitrogens is 3. The summed E-state index contributed by atoms with van der Waals surface area (Å²) in [5, 5.41) is 11.4. The molecule has 0 radical (unpaired) electrons. The fourth-order valence-corrected chi connectivity index (χ4v) is 1.29. The number of oxime groups is 1. The lowest BCUT2D eigenvalue weighted by Crippen LogP contribution is -2.17. The number of hydrogen-bond acceptors (Lipinski definition) is 6. The largest absolute Gasteiger partial charge is 0.409 e. The van der Waals surface area contributed by atoms with Crippen molar-refractivity contribution in [2.75, 3.05) is 5.73 Å². The molecule has 0 spiro atoms. The zero-order valence-electron chi connectivity index (χ0n) is 8.78. The van der Waals surface area contributed by atoms with Gasteiger partial charge in [0.15, 0.2) is 11.7 Å². The lowest BCUT2D eigenvalue weighted by molar-refractivity contribution is 0.318. The Labute approximate surface area is 96.8 Å². The van der Waals surface area contributed by atoms with Crippen LogP contribution in [0.15, 0.2) is 35.9 Å². The fraction of sp³-hybridized carbons (Fsp3) is 0. The van der Waals surface area contributed by atoms with E-state index in [0.717, 1.165) is 5.56 Å². The molecule has 17 heavy (non-hydrogen) atoms.